The summed E-state index contributed by atoms with van der Waals surface area (Å²) in [6, 6.07) is 2.08. The number of likely N-dealkylation sites (tertiary alicyclic amines) is 1. The highest BCUT2D eigenvalue weighted by molar-refractivity contribution is 7.92. The molecule has 0 amide bonds. The van der Waals surface area contributed by atoms with Gasteiger partial charge < -0.3 is 15.3 Å². The summed E-state index contributed by atoms with van der Waals surface area (Å²) in [5.41, 5.74) is -6.31. The SMILES string of the molecule is O=[N+]([O-])c1cc(S(=O)(=O)C(F)(F)F)ccc1NCCCN1CCC(O)CC1. The summed E-state index contributed by atoms with van der Waals surface area (Å²) < 4.78 is 60.6. The maximum Gasteiger partial charge on any atom is 0.501 e. The second-order valence-electron chi connectivity index (χ2n) is 6.24. The highest BCUT2D eigenvalue weighted by Gasteiger charge is 2.47. The minimum absolute atomic E-state index is 0.0461. The number of nitro groups is 1. The summed E-state index contributed by atoms with van der Waals surface area (Å²) in [7, 11) is -5.65. The fourth-order valence-corrected chi connectivity index (χ4v) is 3.56. The van der Waals surface area contributed by atoms with Gasteiger partial charge in [0, 0.05) is 25.7 Å². The predicted octanol–water partition coefficient (Wildman–Crippen LogP) is 2.15. The molecule has 0 aliphatic carbocycles. The smallest absolute Gasteiger partial charge is 0.393 e. The highest BCUT2D eigenvalue weighted by Crippen LogP contribution is 2.34. The van der Waals surface area contributed by atoms with E-state index in [9.17, 15) is 36.8 Å². The Kier molecular flexibility index (Phi) is 6.65. The molecule has 0 unspecified atom stereocenters. The van der Waals surface area contributed by atoms with Crippen LogP contribution in [0.4, 0.5) is 24.5 Å². The molecule has 1 aliphatic heterocycles. The summed E-state index contributed by atoms with van der Waals surface area (Å²) in [6.07, 6.45) is 1.71. The number of alkyl halides is 3. The normalized spacial score (nSPS) is 17.0. The average molecular weight is 411 g/mol. The topological polar surface area (TPSA) is 113 Å². The molecule has 152 valence electrons. The Labute approximate surface area is 154 Å². The first-order valence-corrected chi connectivity index (χ1v) is 9.75. The van der Waals surface area contributed by atoms with Crippen molar-refractivity contribution in [2.24, 2.45) is 0 Å². The van der Waals surface area contributed by atoms with E-state index in [2.05, 4.69) is 10.2 Å². The molecule has 0 bridgehead atoms. The van der Waals surface area contributed by atoms with E-state index in [0.717, 1.165) is 19.2 Å². The van der Waals surface area contributed by atoms with Crippen LogP contribution in [-0.2, 0) is 9.84 Å². The number of nitro benzene ring substituents is 1. The Morgan fingerprint density at radius 2 is 1.93 bits per heavy atom. The van der Waals surface area contributed by atoms with E-state index in [1.807, 2.05) is 0 Å². The molecule has 0 radical (unpaired) electrons. The van der Waals surface area contributed by atoms with Gasteiger partial charge in [-0.3, -0.25) is 10.1 Å². The first kappa shape index (κ1) is 21.4. The van der Waals surface area contributed by atoms with Crippen LogP contribution in [-0.4, -0.2) is 61.1 Å². The number of hydrogen-bond donors (Lipinski definition) is 2. The molecule has 0 saturated carbocycles. The van der Waals surface area contributed by atoms with Crippen LogP contribution in [0.1, 0.15) is 19.3 Å². The van der Waals surface area contributed by atoms with Crippen LogP contribution < -0.4 is 5.32 Å². The zero-order valence-electron chi connectivity index (χ0n) is 14.3. The van der Waals surface area contributed by atoms with Gasteiger partial charge in [0.2, 0.25) is 0 Å². The molecule has 1 heterocycles. The zero-order valence-corrected chi connectivity index (χ0v) is 15.1. The molecule has 12 heteroatoms. The molecule has 0 aromatic heterocycles. The number of rotatable bonds is 7. The number of piperidine rings is 1. The van der Waals surface area contributed by atoms with Gasteiger partial charge in [0.05, 0.1) is 15.9 Å². The summed E-state index contributed by atoms with van der Waals surface area (Å²) in [5.74, 6) is 0. The predicted molar refractivity (Wildman–Crippen MR) is 91.1 cm³/mol. The summed E-state index contributed by atoms with van der Waals surface area (Å²) in [6.45, 7) is 2.54. The van der Waals surface area contributed by atoms with Crippen LogP contribution in [0.2, 0.25) is 0 Å². The number of nitrogens with one attached hydrogen (secondary N) is 1. The van der Waals surface area contributed by atoms with Crippen LogP contribution in [0.5, 0.6) is 0 Å². The van der Waals surface area contributed by atoms with Crippen LogP contribution in [0.3, 0.4) is 0 Å². The number of benzene rings is 1. The Morgan fingerprint density at radius 1 is 1.30 bits per heavy atom. The zero-order chi connectivity index (χ0) is 20.2. The van der Waals surface area contributed by atoms with Crippen LogP contribution in [0, 0.1) is 10.1 Å². The lowest BCUT2D eigenvalue weighted by atomic mass is 10.1. The third-order valence-electron chi connectivity index (χ3n) is 4.30. The maximum absolute atomic E-state index is 12.6. The lowest BCUT2D eigenvalue weighted by molar-refractivity contribution is -0.384. The van der Waals surface area contributed by atoms with Crippen LogP contribution in [0.15, 0.2) is 23.1 Å². The van der Waals surface area contributed by atoms with Crippen molar-refractivity contribution < 1.29 is 31.6 Å². The monoisotopic (exact) mass is 411 g/mol. The molecule has 0 spiro atoms. The molecule has 1 aromatic rings. The fourth-order valence-electron chi connectivity index (χ4n) is 2.78. The van der Waals surface area contributed by atoms with Crippen molar-refractivity contribution in [1.29, 1.82) is 0 Å². The van der Waals surface area contributed by atoms with Gasteiger partial charge in [-0.25, -0.2) is 8.42 Å². The number of halogens is 3. The molecule has 2 N–H and O–H groups in total. The summed E-state index contributed by atoms with van der Waals surface area (Å²) in [5, 5.41) is 23.3. The molecule has 8 nitrogen and oxygen atoms in total. The van der Waals surface area contributed by atoms with Crippen molar-refractivity contribution in [2.75, 3.05) is 31.5 Å². The Morgan fingerprint density at radius 3 is 2.48 bits per heavy atom. The van der Waals surface area contributed by atoms with Gasteiger partial charge in [-0.1, -0.05) is 0 Å². The summed E-state index contributed by atoms with van der Waals surface area (Å²) >= 11 is 0. The second-order valence-corrected chi connectivity index (χ2v) is 8.18. The van der Waals surface area contributed by atoms with E-state index in [4.69, 9.17) is 0 Å². The lowest BCUT2D eigenvalue weighted by Crippen LogP contribution is -2.36. The third-order valence-corrected chi connectivity index (χ3v) is 5.79. The first-order valence-electron chi connectivity index (χ1n) is 8.26. The molecular weight excluding hydrogens is 391 g/mol. The number of hydrogen-bond acceptors (Lipinski definition) is 7. The van der Waals surface area contributed by atoms with Gasteiger partial charge in [0.1, 0.15) is 5.69 Å². The van der Waals surface area contributed by atoms with Gasteiger partial charge in [-0.05, 0) is 37.9 Å². The molecule has 1 fully saturated rings. The molecule has 2 rings (SSSR count). The van der Waals surface area contributed by atoms with E-state index < -0.39 is 30.9 Å². The van der Waals surface area contributed by atoms with Crippen molar-refractivity contribution in [3.8, 4) is 0 Å². The average Bonchev–Trinajstić information content (AvgIpc) is 2.59. The third kappa shape index (κ3) is 5.30. The maximum atomic E-state index is 12.6. The van der Waals surface area contributed by atoms with Gasteiger partial charge in [0.15, 0.2) is 0 Å². The number of aliphatic hydroxyl groups excluding tert-OH is 1. The highest BCUT2D eigenvalue weighted by atomic mass is 32.2. The van der Waals surface area contributed by atoms with Crippen LogP contribution >= 0.6 is 0 Å². The Hall–Kier alpha value is -1.92. The molecule has 1 saturated heterocycles. The number of nitrogens with zero attached hydrogens (tertiary/aromatic N) is 2. The van der Waals surface area contributed by atoms with E-state index >= 15 is 0 Å². The minimum Gasteiger partial charge on any atom is -0.393 e. The van der Waals surface area contributed by atoms with Crippen LogP contribution in [0.25, 0.3) is 0 Å². The van der Waals surface area contributed by atoms with E-state index in [1.54, 1.807) is 0 Å². The minimum atomic E-state index is -5.65. The molecule has 1 aliphatic rings. The Bertz CT molecular complexity index is 777. The van der Waals surface area contributed by atoms with E-state index in [-0.39, 0.29) is 11.8 Å². The van der Waals surface area contributed by atoms with Crippen molar-refractivity contribution in [1.82, 2.24) is 4.90 Å². The van der Waals surface area contributed by atoms with Crippen molar-refractivity contribution in [3.05, 3.63) is 28.3 Å². The number of aliphatic hydroxyl groups is 1. The van der Waals surface area contributed by atoms with Gasteiger partial charge in [-0.2, -0.15) is 13.2 Å². The molecule has 0 atom stereocenters. The molecule has 1 aromatic carbocycles. The van der Waals surface area contributed by atoms with Gasteiger partial charge in [-0.15, -0.1) is 0 Å². The number of sulfone groups is 1. The number of anilines is 1. The summed E-state index contributed by atoms with van der Waals surface area (Å²) in [4.78, 5) is 11.2. The largest absolute Gasteiger partial charge is 0.501 e. The Balaban J connectivity index is 2.01. The van der Waals surface area contributed by atoms with E-state index in [0.29, 0.717) is 44.5 Å². The van der Waals surface area contributed by atoms with Gasteiger partial charge in [0.25, 0.3) is 15.5 Å². The van der Waals surface area contributed by atoms with E-state index in [1.165, 1.54) is 0 Å². The lowest BCUT2D eigenvalue weighted by Gasteiger charge is -2.29. The van der Waals surface area contributed by atoms with Crippen molar-refractivity contribution in [3.63, 3.8) is 0 Å². The van der Waals surface area contributed by atoms with Crippen molar-refractivity contribution >= 4 is 21.2 Å². The quantitative estimate of drug-likeness (QED) is 0.402. The second kappa shape index (κ2) is 8.40. The standard InChI is InChI=1S/C15H20F3N3O5S/c16-15(17,18)27(25,26)12-2-3-13(14(10-12)21(23)24)19-6-1-7-20-8-4-11(22)5-9-20/h2-3,10-11,19,22H,1,4-9H2. The van der Waals surface area contributed by atoms with Crippen molar-refractivity contribution in [2.45, 2.75) is 35.8 Å². The molecule has 27 heavy (non-hydrogen) atoms. The molecular formula is C15H20F3N3O5S. The first-order chi connectivity index (χ1) is 12.5. The van der Waals surface area contributed by atoms with Gasteiger partial charge >= 0.3 is 5.51 Å². The fraction of sp³-hybridized carbons (Fsp3) is 0.600.